The molecular formula is C21H32O5Si. The van der Waals surface area contributed by atoms with Gasteiger partial charge < -0.3 is 23.4 Å². The minimum atomic E-state index is -1.95. The van der Waals surface area contributed by atoms with E-state index >= 15 is 0 Å². The van der Waals surface area contributed by atoms with Crippen molar-refractivity contribution in [3.8, 4) is 5.75 Å². The highest BCUT2D eigenvalue weighted by Crippen LogP contribution is 2.42. The zero-order valence-electron chi connectivity index (χ0n) is 17.3. The van der Waals surface area contributed by atoms with Crippen LogP contribution in [0.25, 0.3) is 0 Å². The number of methoxy groups -OCH3 is 1. The molecule has 2 aliphatic rings. The van der Waals surface area contributed by atoms with Crippen LogP contribution in [0.2, 0.25) is 18.1 Å². The normalized spacial score (nSPS) is 29.0. The van der Waals surface area contributed by atoms with Crippen molar-refractivity contribution in [1.29, 1.82) is 0 Å². The van der Waals surface area contributed by atoms with Gasteiger partial charge in [-0.1, -0.05) is 39.5 Å². The van der Waals surface area contributed by atoms with E-state index in [2.05, 4.69) is 40.4 Å². The fourth-order valence-corrected chi connectivity index (χ4v) is 4.51. The molecule has 0 radical (unpaired) electrons. The maximum atomic E-state index is 6.70. The zero-order chi connectivity index (χ0) is 19.8. The molecule has 0 amide bonds. The Balaban J connectivity index is 1.78. The molecule has 150 valence electrons. The first-order chi connectivity index (χ1) is 12.6. The highest BCUT2D eigenvalue weighted by molar-refractivity contribution is 6.74. The minimum Gasteiger partial charge on any atom is -0.497 e. The second-order valence-electron chi connectivity index (χ2n) is 8.85. The van der Waals surface area contributed by atoms with Crippen LogP contribution in [0.1, 0.15) is 39.0 Å². The number of fused-ring (bicyclic) bond motifs is 1. The van der Waals surface area contributed by atoms with Gasteiger partial charge >= 0.3 is 0 Å². The molecule has 3 rings (SSSR count). The highest BCUT2D eigenvalue weighted by Gasteiger charge is 2.48. The molecule has 0 bridgehead atoms. The van der Waals surface area contributed by atoms with Crippen LogP contribution in [0, 0.1) is 0 Å². The molecule has 6 heteroatoms. The van der Waals surface area contributed by atoms with Gasteiger partial charge in [0, 0.05) is 12.0 Å². The van der Waals surface area contributed by atoms with Crippen molar-refractivity contribution < 1.29 is 23.4 Å². The summed E-state index contributed by atoms with van der Waals surface area (Å²) in [4.78, 5) is 0. The molecule has 4 atom stereocenters. The van der Waals surface area contributed by atoms with E-state index in [9.17, 15) is 0 Å². The molecule has 2 saturated heterocycles. The van der Waals surface area contributed by atoms with E-state index in [1.54, 1.807) is 7.11 Å². The quantitative estimate of drug-likeness (QED) is 0.689. The van der Waals surface area contributed by atoms with Crippen LogP contribution in [0.5, 0.6) is 5.75 Å². The van der Waals surface area contributed by atoms with E-state index < -0.39 is 14.6 Å². The summed E-state index contributed by atoms with van der Waals surface area (Å²) < 4.78 is 30.1. The molecule has 0 unspecified atom stereocenters. The summed E-state index contributed by atoms with van der Waals surface area (Å²) in [5.74, 6) is 1.55. The molecule has 0 N–H and O–H groups in total. The highest BCUT2D eigenvalue weighted by atomic mass is 28.4. The Bertz CT molecular complexity index is 664. The first kappa shape index (κ1) is 20.4. The lowest BCUT2D eigenvalue weighted by molar-refractivity contribution is -0.287. The summed E-state index contributed by atoms with van der Waals surface area (Å²) in [5.41, 5.74) is 0.963. The van der Waals surface area contributed by atoms with Gasteiger partial charge in [0.1, 0.15) is 11.9 Å². The number of hydrogen-bond donors (Lipinski definition) is 0. The Morgan fingerprint density at radius 3 is 2.41 bits per heavy atom. The van der Waals surface area contributed by atoms with Crippen LogP contribution in [0.3, 0.4) is 0 Å². The van der Waals surface area contributed by atoms with Crippen molar-refractivity contribution in [3.63, 3.8) is 0 Å². The first-order valence-corrected chi connectivity index (χ1v) is 12.4. The second-order valence-corrected chi connectivity index (χ2v) is 13.6. The number of rotatable bonds is 4. The molecule has 27 heavy (non-hydrogen) atoms. The molecule has 1 aromatic carbocycles. The minimum absolute atomic E-state index is 0.0678. The molecule has 0 aliphatic carbocycles. The van der Waals surface area contributed by atoms with Gasteiger partial charge in [0.15, 0.2) is 20.7 Å². The zero-order valence-corrected chi connectivity index (χ0v) is 18.3. The average Bonchev–Trinajstić information content (AvgIpc) is 2.60. The first-order valence-electron chi connectivity index (χ1n) is 9.54. The maximum absolute atomic E-state index is 6.70. The predicted octanol–water partition coefficient (Wildman–Crippen LogP) is 4.80. The summed E-state index contributed by atoms with van der Waals surface area (Å²) in [6, 6.07) is 7.76. The Morgan fingerprint density at radius 1 is 1.15 bits per heavy atom. The van der Waals surface area contributed by atoms with E-state index in [1.807, 2.05) is 24.3 Å². The fraction of sp³-hybridized carbons (Fsp3) is 0.619. The van der Waals surface area contributed by atoms with Crippen molar-refractivity contribution >= 4 is 8.32 Å². The van der Waals surface area contributed by atoms with Gasteiger partial charge in [-0.05, 0) is 30.3 Å². The van der Waals surface area contributed by atoms with Gasteiger partial charge in [-0.2, -0.15) is 0 Å². The fourth-order valence-electron chi connectivity index (χ4n) is 3.18. The lowest BCUT2D eigenvalue weighted by Crippen LogP contribution is -2.56. The van der Waals surface area contributed by atoms with Crippen LogP contribution >= 0.6 is 0 Å². The van der Waals surface area contributed by atoms with Gasteiger partial charge in [0.25, 0.3) is 0 Å². The lowest BCUT2D eigenvalue weighted by Gasteiger charge is -2.48. The Kier molecular flexibility index (Phi) is 5.73. The summed E-state index contributed by atoms with van der Waals surface area (Å²) in [5, 5.41) is 0.128. The third-order valence-corrected chi connectivity index (χ3v) is 10.3. The van der Waals surface area contributed by atoms with Gasteiger partial charge in [0.2, 0.25) is 0 Å². The monoisotopic (exact) mass is 392 g/mol. The van der Waals surface area contributed by atoms with E-state index in [0.717, 1.165) is 17.1 Å². The molecule has 0 saturated carbocycles. The van der Waals surface area contributed by atoms with E-state index in [-0.39, 0.29) is 23.4 Å². The maximum Gasteiger partial charge on any atom is 0.192 e. The van der Waals surface area contributed by atoms with Crippen molar-refractivity contribution in [2.24, 2.45) is 0 Å². The molecule has 2 heterocycles. The average molecular weight is 393 g/mol. The lowest BCUT2D eigenvalue weighted by atomic mass is 10.00. The van der Waals surface area contributed by atoms with Crippen molar-refractivity contribution in [1.82, 2.24) is 0 Å². The third kappa shape index (κ3) is 4.40. The number of hydrogen-bond acceptors (Lipinski definition) is 5. The van der Waals surface area contributed by atoms with Crippen LogP contribution in [-0.4, -0.2) is 40.3 Å². The van der Waals surface area contributed by atoms with Gasteiger partial charge in [0.05, 0.1) is 25.6 Å². The molecule has 0 aromatic heterocycles. The van der Waals surface area contributed by atoms with E-state index in [0.29, 0.717) is 13.0 Å². The van der Waals surface area contributed by atoms with Crippen molar-refractivity contribution in [2.75, 3.05) is 13.7 Å². The molecule has 2 fully saturated rings. The summed E-state index contributed by atoms with van der Waals surface area (Å²) >= 11 is 0. The van der Waals surface area contributed by atoms with Crippen LogP contribution in [-0.2, 0) is 18.6 Å². The van der Waals surface area contributed by atoms with Crippen LogP contribution < -0.4 is 4.74 Å². The molecule has 1 aromatic rings. The largest absolute Gasteiger partial charge is 0.497 e. The Morgan fingerprint density at radius 2 is 1.81 bits per heavy atom. The van der Waals surface area contributed by atoms with Crippen molar-refractivity contribution in [3.05, 3.63) is 42.2 Å². The second kappa shape index (κ2) is 7.58. The molecule has 0 spiro atoms. The summed E-state index contributed by atoms with van der Waals surface area (Å²) in [6.07, 6.45) is -0.205. The Hall–Kier alpha value is -1.34. The number of benzene rings is 1. The summed E-state index contributed by atoms with van der Waals surface area (Å²) in [7, 11) is -0.291. The smallest absolute Gasteiger partial charge is 0.192 e. The van der Waals surface area contributed by atoms with Gasteiger partial charge in [-0.3, -0.25) is 0 Å². The molecule has 5 nitrogen and oxygen atoms in total. The van der Waals surface area contributed by atoms with Crippen molar-refractivity contribution in [2.45, 2.75) is 69.9 Å². The predicted molar refractivity (Wildman–Crippen MR) is 107 cm³/mol. The molecule has 2 aliphatic heterocycles. The van der Waals surface area contributed by atoms with E-state index in [1.165, 1.54) is 0 Å². The third-order valence-electron chi connectivity index (χ3n) is 5.81. The van der Waals surface area contributed by atoms with Gasteiger partial charge in [-0.25, -0.2) is 0 Å². The van der Waals surface area contributed by atoms with E-state index in [4.69, 9.17) is 23.4 Å². The van der Waals surface area contributed by atoms with Gasteiger partial charge in [-0.15, -0.1) is 0 Å². The summed E-state index contributed by atoms with van der Waals surface area (Å²) in [6.45, 7) is 15.8. The SMILES string of the molecule is C=C1C[C@@H](O[Si](C)(C)C(C)(C)C)[C@@H]2O[C@H](c3ccc(OC)cc3)OC[C@H]2O1. The van der Waals surface area contributed by atoms with Crippen LogP contribution in [0.4, 0.5) is 0 Å². The topological polar surface area (TPSA) is 46.2 Å². The Labute approximate surface area is 163 Å². The van der Waals surface area contributed by atoms with Crippen LogP contribution in [0.15, 0.2) is 36.6 Å². The standard InChI is InChI=1S/C21H32O5Si/c1-14-12-17(26-27(6,7)21(2,3)4)19-18(24-14)13-23-20(25-19)15-8-10-16(22-5)11-9-15/h8-11,17-20H,1,12-13H2,2-7H3/t17-,18-,19+,20-/m1/s1. The number of ether oxygens (including phenoxy) is 4. The molecular weight excluding hydrogens is 360 g/mol.